The van der Waals surface area contributed by atoms with E-state index in [1.54, 1.807) is 0 Å². The lowest BCUT2D eigenvalue weighted by Crippen LogP contribution is -2.15. The van der Waals surface area contributed by atoms with Crippen LogP contribution in [0.1, 0.15) is 16.7 Å². The van der Waals surface area contributed by atoms with Crippen LogP contribution in [0.5, 0.6) is 0 Å². The predicted molar refractivity (Wildman–Crippen MR) is 89.6 cm³/mol. The van der Waals surface area contributed by atoms with Gasteiger partial charge >= 0.3 is 0 Å². The van der Waals surface area contributed by atoms with Crippen LogP contribution >= 0.6 is 28.6 Å². The van der Waals surface area contributed by atoms with Gasteiger partial charge in [0.05, 0.1) is 12.1 Å². The molecule has 1 N–H and O–H groups in total. The summed E-state index contributed by atoms with van der Waals surface area (Å²) in [6, 6.07) is 11.7. The average molecular weight is 350 g/mol. The maximum atomic E-state index is 12.1. The van der Waals surface area contributed by atoms with Crippen molar-refractivity contribution < 1.29 is 4.79 Å². The highest BCUT2D eigenvalue weighted by Crippen LogP contribution is 2.27. The molecule has 20 heavy (non-hydrogen) atoms. The second kappa shape index (κ2) is 6.46. The van der Waals surface area contributed by atoms with Crippen molar-refractivity contribution in [2.24, 2.45) is 0 Å². The van der Waals surface area contributed by atoms with Crippen molar-refractivity contribution in [2.75, 3.05) is 5.32 Å². The van der Waals surface area contributed by atoms with E-state index in [2.05, 4.69) is 39.9 Å². The monoisotopic (exact) mass is 349 g/mol. The van der Waals surface area contributed by atoms with Gasteiger partial charge in [-0.25, -0.2) is 0 Å². The minimum absolute atomic E-state index is 0.0235. The molecule has 0 radical (unpaired) electrons. The summed E-state index contributed by atoms with van der Waals surface area (Å²) < 4.78 is 0.911. The Kier molecular flexibility index (Phi) is 4.89. The molecule has 0 aliphatic carbocycles. The largest absolute Gasteiger partial charge is 0.325 e. The van der Waals surface area contributed by atoms with Crippen molar-refractivity contribution in [1.82, 2.24) is 0 Å². The van der Waals surface area contributed by atoms with Crippen LogP contribution in [0.15, 0.2) is 45.8 Å². The molecule has 0 aliphatic heterocycles. The standard InChI is InChI=1S/C16H16BrNOS/c1-10-7-11(2)16(14(17)8-10)18-15(19)9-12-3-5-13(20)6-4-12/h3-8,20H,9H2,1-2H3,(H,18,19). The van der Waals surface area contributed by atoms with Crippen molar-refractivity contribution in [1.29, 1.82) is 0 Å². The summed E-state index contributed by atoms with van der Waals surface area (Å²) in [6.07, 6.45) is 0.355. The molecule has 2 aromatic carbocycles. The van der Waals surface area contributed by atoms with Crippen molar-refractivity contribution in [3.63, 3.8) is 0 Å². The summed E-state index contributed by atoms with van der Waals surface area (Å²) in [5.74, 6) is -0.0235. The number of carbonyl (C=O) groups excluding carboxylic acids is 1. The highest BCUT2D eigenvalue weighted by molar-refractivity contribution is 9.10. The Morgan fingerprint density at radius 2 is 1.85 bits per heavy atom. The number of hydrogen-bond acceptors (Lipinski definition) is 2. The van der Waals surface area contributed by atoms with Crippen LogP contribution in [0.25, 0.3) is 0 Å². The van der Waals surface area contributed by atoms with E-state index in [9.17, 15) is 4.79 Å². The fourth-order valence-corrected chi connectivity index (χ4v) is 2.98. The third-order valence-electron chi connectivity index (χ3n) is 3.00. The molecule has 0 fully saturated rings. The van der Waals surface area contributed by atoms with Crippen LogP contribution in [0.4, 0.5) is 5.69 Å². The summed E-state index contributed by atoms with van der Waals surface area (Å²) in [5, 5.41) is 2.96. The molecular formula is C16H16BrNOS. The topological polar surface area (TPSA) is 29.1 Å². The van der Waals surface area contributed by atoms with Gasteiger partial charge in [-0.3, -0.25) is 4.79 Å². The summed E-state index contributed by atoms with van der Waals surface area (Å²) in [6.45, 7) is 4.02. The minimum Gasteiger partial charge on any atom is -0.325 e. The molecular weight excluding hydrogens is 334 g/mol. The van der Waals surface area contributed by atoms with Crippen molar-refractivity contribution in [3.8, 4) is 0 Å². The highest BCUT2D eigenvalue weighted by Gasteiger charge is 2.09. The van der Waals surface area contributed by atoms with Gasteiger partial charge in [-0.05, 0) is 64.7 Å². The van der Waals surface area contributed by atoms with Gasteiger partial charge < -0.3 is 5.32 Å². The number of amides is 1. The van der Waals surface area contributed by atoms with Gasteiger partial charge in [-0.15, -0.1) is 12.6 Å². The number of rotatable bonds is 3. The van der Waals surface area contributed by atoms with E-state index in [1.165, 1.54) is 0 Å². The smallest absolute Gasteiger partial charge is 0.228 e. The van der Waals surface area contributed by atoms with E-state index in [4.69, 9.17) is 0 Å². The number of benzene rings is 2. The van der Waals surface area contributed by atoms with Crippen LogP contribution in [0.2, 0.25) is 0 Å². The fraction of sp³-hybridized carbons (Fsp3) is 0.188. The SMILES string of the molecule is Cc1cc(C)c(NC(=O)Cc2ccc(S)cc2)c(Br)c1. The Bertz CT molecular complexity index is 614. The Labute approximate surface area is 133 Å². The molecule has 0 bridgehead atoms. The zero-order chi connectivity index (χ0) is 14.7. The van der Waals surface area contributed by atoms with E-state index in [0.29, 0.717) is 6.42 Å². The lowest BCUT2D eigenvalue weighted by molar-refractivity contribution is -0.115. The van der Waals surface area contributed by atoms with E-state index in [1.807, 2.05) is 44.2 Å². The minimum atomic E-state index is -0.0235. The molecule has 0 aromatic heterocycles. The van der Waals surface area contributed by atoms with Gasteiger partial charge in [0.1, 0.15) is 0 Å². The fourth-order valence-electron chi connectivity index (χ4n) is 2.06. The molecule has 2 nitrogen and oxygen atoms in total. The zero-order valence-corrected chi connectivity index (χ0v) is 13.9. The quantitative estimate of drug-likeness (QED) is 0.782. The van der Waals surface area contributed by atoms with Gasteiger partial charge in [-0.1, -0.05) is 18.2 Å². The number of hydrogen-bond donors (Lipinski definition) is 2. The van der Waals surface area contributed by atoms with E-state index in [-0.39, 0.29) is 5.91 Å². The molecule has 2 rings (SSSR count). The number of halogens is 1. The molecule has 4 heteroatoms. The maximum absolute atomic E-state index is 12.1. The van der Waals surface area contributed by atoms with E-state index >= 15 is 0 Å². The second-order valence-corrected chi connectivity index (χ2v) is 6.20. The molecule has 0 atom stereocenters. The summed E-state index contributed by atoms with van der Waals surface area (Å²) in [5.41, 5.74) is 4.03. The summed E-state index contributed by atoms with van der Waals surface area (Å²) >= 11 is 7.73. The van der Waals surface area contributed by atoms with Gasteiger partial charge in [-0.2, -0.15) is 0 Å². The maximum Gasteiger partial charge on any atom is 0.228 e. The number of thiol groups is 1. The molecule has 1 amide bonds. The molecule has 0 saturated heterocycles. The highest BCUT2D eigenvalue weighted by atomic mass is 79.9. The third-order valence-corrected chi connectivity index (χ3v) is 3.92. The van der Waals surface area contributed by atoms with Gasteiger partial charge in [0, 0.05) is 9.37 Å². The van der Waals surface area contributed by atoms with Crippen LogP contribution in [0.3, 0.4) is 0 Å². The predicted octanol–water partition coefficient (Wildman–Crippen LogP) is 4.54. The Balaban J connectivity index is 2.10. The first kappa shape index (κ1) is 15.1. The molecule has 104 valence electrons. The Hall–Kier alpha value is -1.26. The van der Waals surface area contributed by atoms with Crippen LogP contribution < -0.4 is 5.32 Å². The van der Waals surface area contributed by atoms with Gasteiger partial charge in [0.25, 0.3) is 0 Å². The molecule has 0 saturated carbocycles. The third kappa shape index (κ3) is 3.87. The lowest BCUT2D eigenvalue weighted by Gasteiger charge is -2.12. The molecule has 0 aliphatic rings. The average Bonchev–Trinajstić information content (AvgIpc) is 2.36. The molecule has 0 heterocycles. The van der Waals surface area contributed by atoms with E-state index in [0.717, 1.165) is 31.7 Å². The first-order chi connectivity index (χ1) is 9.45. The Morgan fingerprint density at radius 1 is 1.20 bits per heavy atom. The molecule has 0 unspecified atom stereocenters. The van der Waals surface area contributed by atoms with Crippen LogP contribution in [-0.4, -0.2) is 5.91 Å². The normalized spacial score (nSPS) is 10.4. The van der Waals surface area contributed by atoms with Crippen molar-refractivity contribution in [2.45, 2.75) is 25.2 Å². The second-order valence-electron chi connectivity index (χ2n) is 4.83. The first-order valence-corrected chi connectivity index (χ1v) is 7.54. The molecule has 2 aromatic rings. The number of nitrogens with one attached hydrogen (secondary N) is 1. The first-order valence-electron chi connectivity index (χ1n) is 6.30. The number of anilines is 1. The van der Waals surface area contributed by atoms with Crippen molar-refractivity contribution in [3.05, 3.63) is 57.6 Å². The van der Waals surface area contributed by atoms with E-state index < -0.39 is 0 Å². The lowest BCUT2D eigenvalue weighted by atomic mass is 10.1. The number of carbonyl (C=O) groups is 1. The Morgan fingerprint density at radius 3 is 2.45 bits per heavy atom. The molecule has 0 spiro atoms. The summed E-state index contributed by atoms with van der Waals surface area (Å²) in [4.78, 5) is 13.0. The summed E-state index contributed by atoms with van der Waals surface area (Å²) in [7, 11) is 0. The van der Waals surface area contributed by atoms with Crippen LogP contribution in [0, 0.1) is 13.8 Å². The van der Waals surface area contributed by atoms with Gasteiger partial charge in [0.15, 0.2) is 0 Å². The zero-order valence-electron chi connectivity index (χ0n) is 11.4. The van der Waals surface area contributed by atoms with Gasteiger partial charge in [0.2, 0.25) is 5.91 Å². The van der Waals surface area contributed by atoms with Crippen molar-refractivity contribution >= 4 is 40.2 Å². The number of aryl methyl sites for hydroxylation is 2. The van der Waals surface area contributed by atoms with Crippen LogP contribution in [-0.2, 0) is 11.2 Å².